The molecule has 0 atom stereocenters. The van der Waals surface area contributed by atoms with Crippen molar-refractivity contribution in [3.63, 3.8) is 0 Å². The van der Waals surface area contributed by atoms with Crippen molar-refractivity contribution in [3.05, 3.63) is 0 Å². The first-order valence-corrected chi connectivity index (χ1v) is 4.65. The lowest BCUT2D eigenvalue weighted by Crippen LogP contribution is -1.75. The normalized spacial score (nSPS) is 7.71. The van der Waals surface area contributed by atoms with Crippen LogP contribution in [-0.4, -0.2) is 38.0 Å². The van der Waals surface area contributed by atoms with Gasteiger partial charge in [0.05, 0.1) is 6.61 Å². The van der Waals surface area contributed by atoms with E-state index in [1.54, 1.807) is 0 Å². The highest BCUT2D eigenvalue weighted by molar-refractivity contribution is 9.09. The summed E-state index contributed by atoms with van der Waals surface area (Å²) in [7, 11) is 1.86. The topological polar surface area (TPSA) is 29.5 Å². The number of alkyl halides is 1. The smallest absolute Gasteiger partial charge is 0.129 e. The Morgan fingerprint density at radius 3 is 1.71 bits per heavy atom. The van der Waals surface area contributed by atoms with E-state index in [0.717, 1.165) is 21.0 Å². The Kier molecular flexibility index (Phi) is 24.3. The standard InChI is InChI=1S/C2H5BrO.H6OSi2/c3-1-2-4;2-1-3/h4H,1-2H2;2-3H3. The molecule has 0 radical (unpaired) electrons. The number of aliphatic hydroxyl groups excluding tert-OH is 1. The van der Waals surface area contributed by atoms with Crippen molar-refractivity contribution < 1.29 is 9.22 Å². The molecule has 46 valence electrons. The van der Waals surface area contributed by atoms with Crippen LogP contribution in [0.15, 0.2) is 0 Å². The van der Waals surface area contributed by atoms with Crippen LogP contribution in [0.25, 0.3) is 0 Å². The Labute approximate surface area is 58.5 Å². The molecule has 0 aromatic rings. The highest BCUT2D eigenvalue weighted by Gasteiger charge is 1.59. The Balaban J connectivity index is 0. The second-order valence-corrected chi connectivity index (χ2v) is 4.88. The van der Waals surface area contributed by atoms with Gasteiger partial charge in [0.25, 0.3) is 0 Å². The van der Waals surface area contributed by atoms with Crippen molar-refractivity contribution in [2.75, 3.05) is 11.9 Å². The molecule has 0 aromatic heterocycles. The molecule has 0 amide bonds. The summed E-state index contributed by atoms with van der Waals surface area (Å²) < 4.78 is 4.53. The van der Waals surface area contributed by atoms with Gasteiger partial charge in [-0.25, -0.2) is 0 Å². The summed E-state index contributed by atoms with van der Waals surface area (Å²) in [5.74, 6) is 0. The van der Waals surface area contributed by atoms with Crippen molar-refractivity contribution in [2.45, 2.75) is 0 Å². The SMILES string of the molecule is OCCBr.[SiH3]O[SiH3]. The van der Waals surface area contributed by atoms with Crippen LogP contribution >= 0.6 is 15.9 Å². The van der Waals surface area contributed by atoms with Gasteiger partial charge < -0.3 is 9.22 Å². The average molecular weight is 203 g/mol. The zero-order valence-corrected chi connectivity index (χ0v) is 10.2. The number of aliphatic hydroxyl groups is 1. The van der Waals surface area contributed by atoms with Gasteiger partial charge in [0.1, 0.15) is 21.0 Å². The monoisotopic (exact) mass is 202 g/mol. The van der Waals surface area contributed by atoms with E-state index in [-0.39, 0.29) is 6.61 Å². The largest absolute Gasteiger partial charge is 0.471 e. The summed E-state index contributed by atoms with van der Waals surface area (Å²) in [6, 6.07) is 0. The Hall–Kier alpha value is 0.834. The van der Waals surface area contributed by atoms with Crippen LogP contribution in [0, 0.1) is 0 Å². The van der Waals surface area contributed by atoms with E-state index >= 15 is 0 Å². The van der Waals surface area contributed by atoms with Crippen LogP contribution in [0.2, 0.25) is 0 Å². The van der Waals surface area contributed by atoms with Crippen molar-refractivity contribution in [2.24, 2.45) is 0 Å². The molecule has 0 aliphatic rings. The van der Waals surface area contributed by atoms with E-state index in [2.05, 4.69) is 20.0 Å². The highest BCUT2D eigenvalue weighted by atomic mass is 79.9. The van der Waals surface area contributed by atoms with Gasteiger partial charge in [0, 0.05) is 5.33 Å². The summed E-state index contributed by atoms with van der Waals surface area (Å²) >= 11 is 3.00. The minimum atomic E-state index is 0.236. The van der Waals surface area contributed by atoms with E-state index in [0.29, 0.717) is 5.33 Å². The van der Waals surface area contributed by atoms with Crippen molar-refractivity contribution in [3.8, 4) is 0 Å². The Morgan fingerprint density at radius 1 is 1.57 bits per heavy atom. The summed E-state index contributed by atoms with van der Waals surface area (Å²) in [6.45, 7) is 0.236. The molecule has 0 heterocycles. The summed E-state index contributed by atoms with van der Waals surface area (Å²) in [4.78, 5) is 0. The van der Waals surface area contributed by atoms with E-state index in [1.807, 2.05) is 0 Å². The van der Waals surface area contributed by atoms with Crippen molar-refractivity contribution in [1.29, 1.82) is 0 Å². The Bertz CT molecular complexity index is 21.2. The fourth-order valence-electron chi connectivity index (χ4n) is 0. The second kappa shape index (κ2) is 15.8. The molecule has 0 fully saturated rings. The maximum Gasteiger partial charge on any atom is 0.129 e. The van der Waals surface area contributed by atoms with Crippen LogP contribution in [0.4, 0.5) is 0 Å². The third-order valence-electron chi connectivity index (χ3n) is 0.0845. The molecule has 2 nitrogen and oxygen atoms in total. The average Bonchev–Trinajstić information content (AvgIpc) is 1.69. The van der Waals surface area contributed by atoms with Crippen LogP contribution in [-0.2, 0) is 4.12 Å². The van der Waals surface area contributed by atoms with E-state index < -0.39 is 0 Å². The van der Waals surface area contributed by atoms with Gasteiger partial charge in [-0.05, 0) is 0 Å². The van der Waals surface area contributed by atoms with Gasteiger partial charge >= 0.3 is 0 Å². The lowest BCUT2D eigenvalue weighted by molar-refractivity contribution is 0.324. The highest BCUT2D eigenvalue weighted by Crippen LogP contribution is 1.69. The summed E-state index contributed by atoms with van der Waals surface area (Å²) in [6.07, 6.45) is 0. The zero-order valence-electron chi connectivity index (χ0n) is 4.65. The minimum Gasteiger partial charge on any atom is -0.471 e. The third-order valence-corrected chi connectivity index (χ3v) is 0.439. The number of halogens is 1. The molecule has 0 aromatic carbocycles. The van der Waals surface area contributed by atoms with Crippen LogP contribution in [0.5, 0.6) is 0 Å². The lowest BCUT2D eigenvalue weighted by Gasteiger charge is -1.67. The maximum absolute atomic E-state index is 7.83. The Morgan fingerprint density at radius 2 is 1.71 bits per heavy atom. The molecule has 0 aliphatic heterocycles. The third kappa shape index (κ3) is 47.5. The molecule has 0 saturated heterocycles. The van der Waals surface area contributed by atoms with Crippen LogP contribution < -0.4 is 0 Å². The molecule has 0 spiro atoms. The molecule has 0 aliphatic carbocycles. The van der Waals surface area contributed by atoms with E-state index in [9.17, 15) is 0 Å². The summed E-state index contributed by atoms with van der Waals surface area (Å²) in [5.41, 5.74) is 0. The molecule has 1 N–H and O–H groups in total. The first kappa shape index (κ1) is 10.7. The predicted molar refractivity (Wildman–Crippen MR) is 41.8 cm³/mol. The van der Waals surface area contributed by atoms with Gasteiger partial charge in [-0.15, -0.1) is 0 Å². The van der Waals surface area contributed by atoms with Gasteiger partial charge in [-0.1, -0.05) is 15.9 Å². The van der Waals surface area contributed by atoms with Crippen molar-refractivity contribution in [1.82, 2.24) is 0 Å². The molecule has 0 saturated carbocycles. The van der Waals surface area contributed by atoms with Crippen molar-refractivity contribution >= 4 is 36.9 Å². The minimum absolute atomic E-state index is 0.236. The van der Waals surface area contributed by atoms with Gasteiger partial charge in [0.2, 0.25) is 0 Å². The number of hydrogen-bond acceptors (Lipinski definition) is 2. The van der Waals surface area contributed by atoms with Gasteiger partial charge in [0.15, 0.2) is 0 Å². The molecule has 5 heteroatoms. The maximum atomic E-state index is 7.83. The predicted octanol–water partition coefficient (Wildman–Crippen LogP) is -2.06. The zero-order chi connectivity index (χ0) is 6.12. The van der Waals surface area contributed by atoms with Gasteiger partial charge in [-0.3, -0.25) is 0 Å². The number of hydrogen-bond donors (Lipinski definition) is 1. The molecule has 0 unspecified atom stereocenters. The quantitative estimate of drug-likeness (QED) is 0.392. The molecule has 0 bridgehead atoms. The van der Waals surface area contributed by atoms with Crippen LogP contribution in [0.1, 0.15) is 0 Å². The first-order valence-electron chi connectivity index (χ1n) is 1.90. The van der Waals surface area contributed by atoms with E-state index in [4.69, 9.17) is 5.11 Å². The van der Waals surface area contributed by atoms with E-state index in [1.165, 1.54) is 0 Å². The fourth-order valence-corrected chi connectivity index (χ4v) is 0. The van der Waals surface area contributed by atoms with Gasteiger partial charge in [-0.2, -0.15) is 0 Å². The first-order chi connectivity index (χ1) is 3.33. The summed E-state index contributed by atoms with van der Waals surface area (Å²) in [5, 5.41) is 8.52. The molecule has 0 rings (SSSR count). The molecular weight excluding hydrogens is 192 g/mol. The number of rotatable bonds is 1. The second-order valence-electron chi connectivity index (χ2n) is 0.821. The molecular formula is C2H11BrO2Si2. The lowest BCUT2D eigenvalue weighted by atomic mass is 10.9. The molecule has 7 heavy (non-hydrogen) atoms. The van der Waals surface area contributed by atoms with Crippen LogP contribution in [0.3, 0.4) is 0 Å². The fraction of sp³-hybridized carbons (Fsp3) is 1.00.